The van der Waals surface area contributed by atoms with Gasteiger partial charge in [-0.15, -0.1) is 0 Å². The molecule has 0 spiro atoms. The lowest BCUT2D eigenvalue weighted by Crippen LogP contribution is -2.21. The molecule has 26 heavy (non-hydrogen) atoms. The van der Waals surface area contributed by atoms with E-state index in [1.165, 1.54) is 54.7 Å². The second kappa shape index (κ2) is 7.50. The number of hydrogen-bond acceptors (Lipinski definition) is 3. The average Bonchev–Trinajstić information content (AvgIpc) is 3.32. The third kappa shape index (κ3) is 3.75. The predicted molar refractivity (Wildman–Crippen MR) is 103 cm³/mol. The molecule has 0 radical (unpaired) electrons. The van der Waals surface area contributed by atoms with Gasteiger partial charge >= 0.3 is 6.09 Å². The molecule has 0 aliphatic carbocycles. The van der Waals surface area contributed by atoms with E-state index in [0.717, 1.165) is 12.0 Å². The number of likely N-dealkylation sites (tertiary alicyclic amines) is 1. The van der Waals surface area contributed by atoms with Gasteiger partial charge in [0.2, 0.25) is 0 Å². The minimum absolute atomic E-state index is 0.0365. The molecule has 0 unspecified atom stereocenters. The fourth-order valence-corrected chi connectivity index (χ4v) is 3.96. The van der Waals surface area contributed by atoms with Crippen LogP contribution in [0.5, 0.6) is 0 Å². The molecule has 136 valence electrons. The molecule has 2 fully saturated rings. The van der Waals surface area contributed by atoms with Crippen molar-refractivity contribution in [1.29, 1.82) is 0 Å². The molecule has 4 heteroatoms. The lowest BCUT2D eigenvalue weighted by molar-refractivity contribution is 0.177. The Hall–Kier alpha value is -2.33. The first-order chi connectivity index (χ1) is 12.7. The number of hydrogen-bond donors (Lipinski definition) is 1. The molecule has 2 aliphatic rings. The monoisotopic (exact) mass is 350 g/mol. The van der Waals surface area contributed by atoms with E-state index < -0.39 is 0 Å². The van der Waals surface area contributed by atoms with Crippen molar-refractivity contribution in [1.82, 2.24) is 10.2 Å². The van der Waals surface area contributed by atoms with Crippen molar-refractivity contribution in [3.63, 3.8) is 0 Å². The fourth-order valence-electron chi connectivity index (χ4n) is 3.96. The molecule has 2 saturated heterocycles. The molecule has 2 aliphatic heterocycles. The summed E-state index contributed by atoms with van der Waals surface area (Å²) in [5.41, 5.74) is 6.30. The number of nitrogens with zero attached hydrogens (tertiary/aromatic N) is 1. The lowest BCUT2D eigenvalue weighted by Gasteiger charge is -2.15. The molecule has 1 amide bonds. The largest absolute Gasteiger partial charge is 0.447 e. The van der Waals surface area contributed by atoms with Crippen molar-refractivity contribution < 1.29 is 9.53 Å². The third-order valence-electron chi connectivity index (χ3n) is 5.50. The Balaban J connectivity index is 1.44. The van der Waals surface area contributed by atoms with Gasteiger partial charge in [-0.05, 0) is 67.1 Å². The number of cyclic esters (lactones) is 1. The minimum atomic E-state index is -0.334. The summed E-state index contributed by atoms with van der Waals surface area (Å²) in [6, 6.07) is 15.2. The molecular weight excluding hydrogens is 324 g/mol. The Morgan fingerprint density at radius 3 is 2.54 bits per heavy atom. The van der Waals surface area contributed by atoms with Crippen molar-refractivity contribution in [2.75, 3.05) is 26.2 Å². The Kier molecular flexibility index (Phi) is 4.93. The Morgan fingerprint density at radius 2 is 1.88 bits per heavy atom. The van der Waals surface area contributed by atoms with Crippen LogP contribution in [-0.4, -0.2) is 37.2 Å². The zero-order valence-corrected chi connectivity index (χ0v) is 15.3. The number of benzene rings is 2. The zero-order chi connectivity index (χ0) is 17.9. The summed E-state index contributed by atoms with van der Waals surface area (Å²) in [6.45, 7) is 6.28. The Bertz CT molecular complexity index is 779. The van der Waals surface area contributed by atoms with Gasteiger partial charge in [-0.1, -0.05) is 42.5 Å². The maximum absolute atomic E-state index is 11.2. The van der Waals surface area contributed by atoms with E-state index in [-0.39, 0.29) is 12.1 Å². The fraction of sp³-hybridized carbons (Fsp3) is 0.409. The molecule has 1 atom stereocenters. The number of carbonyl (C=O) groups excluding carboxylic acids is 1. The van der Waals surface area contributed by atoms with Crippen molar-refractivity contribution in [3.05, 3.63) is 59.2 Å². The highest BCUT2D eigenvalue weighted by molar-refractivity contribution is 5.71. The van der Waals surface area contributed by atoms with Crippen LogP contribution in [0, 0.1) is 6.92 Å². The van der Waals surface area contributed by atoms with Crippen molar-refractivity contribution in [2.24, 2.45) is 0 Å². The quantitative estimate of drug-likeness (QED) is 0.883. The third-order valence-corrected chi connectivity index (χ3v) is 5.50. The highest BCUT2D eigenvalue weighted by Crippen LogP contribution is 2.27. The summed E-state index contributed by atoms with van der Waals surface area (Å²) in [5, 5.41) is 2.82. The first-order valence-electron chi connectivity index (χ1n) is 9.54. The van der Waals surface area contributed by atoms with Crippen LogP contribution in [0.4, 0.5) is 4.79 Å². The molecule has 2 heterocycles. The highest BCUT2D eigenvalue weighted by atomic mass is 16.6. The predicted octanol–water partition coefficient (Wildman–Crippen LogP) is 4.08. The number of nitrogens with one attached hydrogen (secondary N) is 1. The van der Waals surface area contributed by atoms with Gasteiger partial charge in [-0.3, -0.25) is 0 Å². The van der Waals surface area contributed by atoms with E-state index >= 15 is 0 Å². The minimum Gasteiger partial charge on any atom is -0.447 e. The first-order valence-corrected chi connectivity index (χ1v) is 9.54. The summed E-state index contributed by atoms with van der Waals surface area (Å²) < 4.78 is 4.97. The summed E-state index contributed by atoms with van der Waals surface area (Å²) in [6.07, 6.45) is 3.50. The zero-order valence-electron chi connectivity index (χ0n) is 15.3. The van der Waals surface area contributed by atoms with Gasteiger partial charge in [0, 0.05) is 6.54 Å². The normalized spacial score (nSPS) is 20.2. The molecule has 0 bridgehead atoms. The molecule has 0 saturated carbocycles. The molecule has 4 rings (SSSR count). The van der Waals surface area contributed by atoms with Crippen molar-refractivity contribution >= 4 is 6.09 Å². The van der Waals surface area contributed by atoms with Crippen LogP contribution in [0.3, 0.4) is 0 Å². The van der Waals surface area contributed by atoms with Crippen LogP contribution in [0.15, 0.2) is 42.5 Å². The van der Waals surface area contributed by atoms with Gasteiger partial charge in [0.05, 0.1) is 6.04 Å². The molecule has 4 nitrogen and oxygen atoms in total. The number of amides is 1. The second-order valence-electron chi connectivity index (χ2n) is 7.37. The van der Waals surface area contributed by atoms with Gasteiger partial charge < -0.3 is 15.0 Å². The van der Waals surface area contributed by atoms with Crippen LogP contribution < -0.4 is 5.32 Å². The topological polar surface area (TPSA) is 41.6 Å². The first kappa shape index (κ1) is 17.1. The van der Waals surface area contributed by atoms with Crippen LogP contribution in [-0.2, 0) is 11.2 Å². The van der Waals surface area contributed by atoms with Crippen molar-refractivity contribution in [2.45, 2.75) is 32.2 Å². The van der Waals surface area contributed by atoms with Gasteiger partial charge in [0.25, 0.3) is 0 Å². The molecule has 2 aromatic rings. The van der Waals surface area contributed by atoms with Gasteiger partial charge in [-0.2, -0.15) is 0 Å². The molecule has 0 aromatic heterocycles. The maximum atomic E-state index is 11.2. The van der Waals surface area contributed by atoms with E-state index in [0.29, 0.717) is 6.61 Å². The van der Waals surface area contributed by atoms with Crippen LogP contribution in [0.25, 0.3) is 11.1 Å². The summed E-state index contributed by atoms with van der Waals surface area (Å²) in [7, 11) is 0. The van der Waals surface area contributed by atoms with Crippen LogP contribution in [0.2, 0.25) is 0 Å². The standard InChI is InChI=1S/C22H26N2O2/c1-16-14-17(10-13-24-11-2-3-12-24)4-9-20(16)18-5-7-19(8-6-18)21-15-26-22(25)23-21/h4-9,14,21H,2-3,10-13,15H2,1H3,(H,23,25)/t21-/m1/s1. The number of rotatable bonds is 5. The Labute approximate surface area is 155 Å². The summed E-state index contributed by atoms with van der Waals surface area (Å²) in [5.74, 6) is 0. The number of carbonyl (C=O) groups is 1. The summed E-state index contributed by atoms with van der Waals surface area (Å²) >= 11 is 0. The molecule has 2 aromatic carbocycles. The average molecular weight is 350 g/mol. The van der Waals surface area contributed by atoms with Crippen LogP contribution >= 0.6 is 0 Å². The maximum Gasteiger partial charge on any atom is 0.407 e. The van der Waals surface area contributed by atoms with E-state index in [2.05, 4.69) is 59.6 Å². The number of alkyl carbamates (subject to hydrolysis) is 1. The van der Waals surface area contributed by atoms with E-state index in [1.807, 2.05) is 0 Å². The van der Waals surface area contributed by atoms with E-state index in [1.54, 1.807) is 0 Å². The summed E-state index contributed by atoms with van der Waals surface area (Å²) in [4.78, 5) is 13.8. The van der Waals surface area contributed by atoms with Gasteiger partial charge in [0.1, 0.15) is 6.61 Å². The van der Waals surface area contributed by atoms with Crippen LogP contribution in [0.1, 0.15) is 35.6 Å². The van der Waals surface area contributed by atoms with E-state index in [4.69, 9.17) is 4.74 Å². The lowest BCUT2D eigenvalue weighted by atomic mass is 9.96. The van der Waals surface area contributed by atoms with Gasteiger partial charge in [-0.25, -0.2) is 4.79 Å². The SMILES string of the molecule is Cc1cc(CCN2CCCC2)ccc1-c1ccc([C@H]2COC(=O)N2)cc1. The Morgan fingerprint density at radius 1 is 1.12 bits per heavy atom. The molecule has 1 N–H and O–H groups in total. The second-order valence-corrected chi connectivity index (χ2v) is 7.37. The number of ether oxygens (including phenoxy) is 1. The molecular formula is C22H26N2O2. The van der Waals surface area contributed by atoms with E-state index in [9.17, 15) is 4.79 Å². The smallest absolute Gasteiger partial charge is 0.407 e. The highest BCUT2D eigenvalue weighted by Gasteiger charge is 2.23. The van der Waals surface area contributed by atoms with Gasteiger partial charge in [0.15, 0.2) is 0 Å². The number of aryl methyl sites for hydroxylation is 1. The van der Waals surface area contributed by atoms with Crippen molar-refractivity contribution in [3.8, 4) is 11.1 Å².